The predicted molar refractivity (Wildman–Crippen MR) is 108 cm³/mol. The van der Waals surface area contributed by atoms with Crippen LogP contribution < -0.4 is 21.7 Å². The largest absolute Gasteiger partial charge is 0.465 e. The van der Waals surface area contributed by atoms with Crippen LogP contribution in [0.25, 0.3) is 0 Å². The summed E-state index contributed by atoms with van der Waals surface area (Å²) in [4.78, 5) is 34.6. The van der Waals surface area contributed by atoms with Crippen molar-refractivity contribution in [2.24, 2.45) is 5.73 Å². The summed E-state index contributed by atoms with van der Waals surface area (Å²) in [7, 11) is 0. The van der Waals surface area contributed by atoms with E-state index >= 15 is 0 Å². The van der Waals surface area contributed by atoms with Gasteiger partial charge in [0.15, 0.2) is 6.10 Å². The Hall–Kier alpha value is -2.77. The molecule has 1 fully saturated rings. The number of unbranched alkanes of at least 4 members (excludes halogenated alkanes) is 1. The normalized spacial score (nSPS) is 20.8. The van der Waals surface area contributed by atoms with Crippen LogP contribution in [0.1, 0.15) is 51.3 Å². The van der Waals surface area contributed by atoms with E-state index in [0.29, 0.717) is 31.5 Å². The number of nitrogens with zero attached hydrogens (tertiary/aromatic N) is 3. The quantitative estimate of drug-likeness (QED) is 0.193. The van der Waals surface area contributed by atoms with Crippen molar-refractivity contribution in [2.45, 2.75) is 69.4 Å². The summed E-state index contributed by atoms with van der Waals surface area (Å²) in [5, 5.41) is 44.8. The Morgan fingerprint density at radius 1 is 1.39 bits per heavy atom. The van der Waals surface area contributed by atoms with E-state index in [4.69, 9.17) is 10.8 Å². The van der Waals surface area contributed by atoms with Crippen molar-refractivity contribution < 1.29 is 29.7 Å². The maximum atomic E-state index is 12.7. The highest BCUT2D eigenvalue weighted by molar-refractivity contribution is 5.84. The lowest BCUT2D eigenvalue weighted by Crippen LogP contribution is -2.53. The summed E-state index contributed by atoms with van der Waals surface area (Å²) in [6.45, 7) is 3.89. The van der Waals surface area contributed by atoms with Crippen molar-refractivity contribution in [1.82, 2.24) is 30.9 Å². The number of aliphatic hydroxyl groups excluding tert-OH is 1. The van der Waals surface area contributed by atoms with Gasteiger partial charge in [-0.1, -0.05) is 5.21 Å². The second kappa shape index (κ2) is 10.5. The molecule has 0 spiro atoms. The smallest absolute Gasteiger partial charge is 0.404 e. The Balaban J connectivity index is 1.95. The SMILES string of the molecule is CC(C)(O)c1cnnn1[C@@H]1CN[C@H](C(=O)NC(CCCCNC(=O)O)C(O)C(N)=O)C1. The van der Waals surface area contributed by atoms with Gasteiger partial charge >= 0.3 is 6.09 Å². The number of aliphatic hydroxyl groups is 2. The third-order valence-electron chi connectivity index (χ3n) is 5.19. The molecule has 8 N–H and O–H groups in total. The molecule has 13 nitrogen and oxygen atoms in total. The van der Waals surface area contributed by atoms with Crippen LogP contribution in [0.4, 0.5) is 4.79 Å². The number of carboxylic acid groups (broad SMARTS) is 1. The van der Waals surface area contributed by atoms with E-state index in [0.717, 1.165) is 0 Å². The van der Waals surface area contributed by atoms with Crippen LogP contribution in [0.5, 0.6) is 0 Å². The molecular weight excluding hydrogens is 410 g/mol. The highest BCUT2D eigenvalue weighted by Gasteiger charge is 2.36. The Labute approximate surface area is 179 Å². The van der Waals surface area contributed by atoms with Gasteiger partial charge in [0.25, 0.3) is 0 Å². The number of nitrogens with two attached hydrogens (primary N) is 1. The summed E-state index contributed by atoms with van der Waals surface area (Å²) in [5.74, 6) is -1.36. The van der Waals surface area contributed by atoms with Crippen LogP contribution in [0.2, 0.25) is 0 Å². The number of hydrogen-bond acceptors (Lipinski definition) is 8. The van der Waals surface area contributed by atoms with Crippen molar-refractivity contribution >= 4 is 17.9 Å². The molecular formula is C18H31N7O6. The van der Waals surface area contributed by atoms with Crippen molar-refractivity contribution in [3.8, 4) is 0 Å². The minimum Gasteiger partial charge on any atom is -0.465 e. The number of primary amides is 1. The molecule has 0 bridgehead atoms. The third kappa shape index (κ3) is 6.87. The van der Waals surface area contributed by atoms with Gasteiger partial charge in [-0.25, -0.2) is 9.48 Å². The lowest BCUT2D eigenvalue weighted by Gasteiger charge is -2.24. The van der Waals surface area contributed by atoms with Gasteiger partial charge in [0.05, 0.1) is 30.0 Å². The number of hydrogen-bond donors (Lipinski definition) is 7. The van der Waals surface area contributed by atoms with Crippen molar-refractivity contribution in [1.29, 1.82) is 0 Å². The van der Waals surface area contributed by atoms with Gasteiger partial charge in [-0.05, 0) is 39.5 Å². The van der Waals surface area contributed by atoms with E-state index in [2.05, 4.69) is 26.3 Å². The van der Waals surface area contributed by atoms with Crippen molar-refractivity contribution in [2.75, 3.05) is 13.1 Å². The van der Waals surface area contributed by atoms with Gasteiger partial charge < -0.3 is 37.0 Å². The molecule has 1 aromatic heterocycles. The molecule has 0 saturated carbocycles. The minimum absolute atomic E-state index is 0.207. The first-order valence-electron chi connectivity index (χ1n) is 10.1. The number of aromatic nitrogens is 3. The Morgan fingerprint density at radius 2 is 2.10 bits per heavy atom. The fourth-order valence-corrected chi connectivity index (χ4v) is 3.53. The molecule has 174 valence electrons. The monoisotopic (exact) mass is 441 g/mol. The predicted octanol–water partition coefficient (Wildman–Crippen LogP) is -1.82. The summed E-state index contributed by atoms with van der Waals surface area (Å²) in [6, 6.07) is -1.70. The summed E-state index contributed by atoms with van der Waals surface area (Å²) in [6.07, 6.45) is 0.338. The first-order chi connectivity index (χ1) is 14.5. The Kier molecular flexibility index (Phi) is 8.30. The standard InChI is InChI=1S/C18H31N7O6/c1-18(2,31)13-9-22-24-25(13)10-7-12(21-8-10)16(28)23-11(14(26)15(19)27)5-3-4-6-20-17(29)30/h9-12,14,20-21,26,31H,3-8H2,1-2H3,(H2,19,27)(H,23,28)(H,29,30)/t10-,11?,12-,14?/m0/s1. The molecule has 13 heteroatoms. The highest BCUT2D eigenvalue weighted by atomic mass is 16.4. The molecule has 1 aromatic rings. The van der Waals surface area contributed by atoms with Crippen LogP contribution in [-0.2, 0) is 15.2 Å². The number of amides is 3. The number of carbonyl (C=O) groups is 3. The van der Waals surface area contributed by atoms with Crippen molar-refractivity contribution in [3.05, 3.63) is 11.9 Å². The van der Waals surface area contributed by atoms with E-state index in [-0.39, 0.29) is 19.0 Å². The fourth-order valence-electron chi connectivity index (χ4n) is 3.53. The van der Waals surface area contributed by atoms with Crippen LogP contribution in [0.3, 0.4) is 0 Å². The maximum absolute atomic E-state index is 12.7. The molecule has 2 unspecified atom stereocenters. The molecule has 4 atom stereocenters. The van der Waals surface area contributed by atoms with E-state index in [1.807, 2.05) is 0 Å². The summed E-state index contributed by atoms with van der Waals surface area (Å²) >= 11 is 0. The molecule has 3 amide bonds. The molecule has 0 aliphatic carbocycles. The van der Waals surface area contributed by atoms with Crippen LogP contribution in [-0.4, -0.2) is 79.5 Å². The van der Waals surface area contributed by atoms with Gasteiger partial charge in [0.2, 0.25) is 11.8 Å². The second-order valence-electron chi connectivity index (χ2n) is 8.16. The first-order valence-corrected chi connectivity index (χ1v) is 10.1. The van der Waals surface area contributed by atoms with Gasteiger partial charge in [-0.3, -0.25) is 9.59 Å². The van der Waals surface area contributed by atoms with Gasteiger partial charge in [-0.2, -0.15) is 0 Å². The number of carbonyl (C=O) groups excluding carboxylic acids is 2. The van der Waals surface area contributed by atoms with Gasteiger partial charge in [-0.15, -0.1) is 5.10 Å². The summed E-state index contributed by atoms with van der Waals surface area (Å²) in [5.41, 5.74) is 4.57. The Bertz CT molecular complexity index is 778. The van der Waals surface area contributed by atoms with E-state index in [1.165, 1.54) is 6.20 Å². The average molecular weight is 441 g/mol. The molecule has 2 rings (SSSR count). The molecule has 2 heterocycles. The molecule has 0 radical (unpaired) electrons. The van der Waals surface area contributed by atoms with E-state index < -0.39 is 41.7 Å². The van der Waals surface area contributed by atoms with Crippen LogP contribution in [0.15, 0.2) is 6.20 Å². The van der Waals surface area contributed by atoms with Crippen molar-refractivity contribution in [3.63, 3.8) is 0 Å². The number of rotatable bonds is 11. The van der Waals surface area contributed by atoms with E-state index in [9.17, 15) is 24.6 Å². The zero-order valence-electron chi connectivity index (χ0n) is 17.6. The van der Waals surface area contributed by atoms with Gasteiger partial charge in [0.1, 0.15) is 5.60 Å². The molecule has 0 aromatic carbocycles. The van der Waals surface area contributed by atoms with Crippen LogP contribution >= 0.6 is 0 Å². The fraction of sp³-hybridized carbons (Fsp3) is 0.722. The first kappa shape index (κ1) is 24.5. The summed E-state index contributed by atoms with van der Waals surface area (Å²) < 4.78 is 1.59. The van der Waals surface area contributed by atoms with Crippen LogP contribution in [0, 0.1) is 0 Å². The van der Waals surface area contributed by atoms with E-state index in [1.54, 1.807) is 18.5 Å². The second-order valence-corrected chi connectivity index (χ2v) is 8.16. The lowest BCUT2D eigenvalue weighted by atomic mass is 10.0. The molecule has 1 aliphatic rings. The Morgan fingerprint density at radius 3 is 2.71 bits per heavy atom. The minimum atomic E-state index is -1.56. The average Bonchev–Trinajstić information content (AvgIpc) is 3.34. The topological polar surface area (TPSA) is 205 Å². The third-order valence-corrected chi connectivity index (χ3v) is 5.19. The number of nitrogens with one attached hydrogen (secondary N) is 3. The highest BCUT2D eigenvalue weighted by Crippen LogP contribution is 2.26. The van der Waals surface area contributed by atoms with Gasteiger partial charge in [0, 0.05) is 13.1 Å². The lowest BCUT2D eigenvalue weighted by molar-refractivity contribution is -0.130. The zero-order valence-corrected chi connectivity index (χ0v) is 17.6. The zero-order chi connectivity index (χ0) is 23.2. The molecule has 31 heavy (non-hydrogen) atoms. The molecule has 1 saturated heterocycles. The maximum Gasteiger partial charge on any atom is 0.404 e. The molecule has 1 aliphatic heterocycles.